The lowest BCUT2D eigenvalue weighted by Gasteiger charge is -2.21. The van der Waals surface area contributed by atoms with Crippen molar-refractivity contribution in [3.05, 3.63) is 0 Å². The molecule has 17 nitrogen and oxygen atoms in total. The summed E-state index contributed by atoms with van der Waals surface area (Å²) in [6.07, 6.45) is 55.6. The first-order chi connectivity index (χ1) is 45.0. The zero-order valence-corrected chi connectivity index (χ0v) is 62.2. The van der Waals surface area contributed by atoms with Crippen LogP contribution in [0.5, 0.6) is 0 Å². The van der Waals surface area contributed by atoms with Crippen LogP contribution in [0.1, 0.15) is 388 Å². The Hall–Kier alpha value is -1.94. The van der Waals surface area contributed by atoms with Crippen LogP contribution in [0.25, 0.3) is 0 Å². The summed E-state index contributed by atoms with van der Waals surface area (Å²) >= 11 is 0. The molecule has 0 saturated carbocycles. The van der Waals surface area contributed by atoms with E-state index in [2.05, 4.69) is 34.6 Å². The smallest absolute Gasteiger partial charge is 0.462 e. The van der Waals surface area contributed by atoms with Crippen molar-refractivity contribution in [2.24, 2.45) is 5.92 Å². The molecule has 93 heavy (non-hydrogen) atoms. The molecule has 0 rings (SSSR count). The minimum absolute atomic E-state index is 0.105. The zero-order chi connectivity index (χ0) is 68.4. The van der Waals surface area contributed by atoms with Crippen LogP contribution in [0, 0.1) is 5.92 Å². The largest absolute Gasteiger partial charge is 0.472 e. The van der Waals surface area contributed by atoms with Crippen molar-refractivity contribution in [3.63, 3.8) is 0 Å². The standard InChI is InChI=1S/C74H144O17P2/c1-6-9-12-15-18-21-23-25-26-27-28-29-30-31-33-35-39-44-49-54-59-73(78)90-70(64-85-72(77)58-53-48-43-38-34-32-24-22-19-16-13-10-7-2)66-89-93(82,83)87-62-68(75)61-86-92(80,81)88-65-69(63-84-71(76)57-52-47-42-20-17-14-11-8-3)91-74(79)60-55-50-45-40-36-37-41-46-51-56-67(4)5/h67-70,75H,6-66H2,1-5H3,(H,80,81)(H,82,83)/t68-,69+,70+/m0/s1. The first-order valence-corrected chi connectivity index (χ1v) is 41.6. The third-order valence-electron chi connectivity index (χ3n) is 17.3. The summed E-state index contributed by atoms with van der Waals surface area (Å²) < 4.78 is 68.4. The van der Waals surface area contributed by atoms with Gasteiger partial charge in [-0.15, -0.1) is 0 Å². The molecule has 3 N–H and O–H groups in total. The van der Waals surface area contributed by atoms with Crippen LogP contribution >= 0.6 is 15.6 Å². The van der Waals surface area contributed by atoms with Gasteiger partial charge in [0.05, 0.1) is 26.4 Å². The Morgan fingerprint density at radius 2 is 0.495 bits per heavy atom. The second-order valence-electron chi connectivity index (χ2n) is 27.2. The number of carbonyl (C=O) groups is 4. The van der Waals surface area contributed by atoms with Crippen LogP contribution < -0.4 is 0 Å². The number of aliphatic hydroxyl groups is 1. The second kappa shape index (κ2) is 67.3. The van der Waals surface area contributed by atoms with Crippen molar-refractivity contribution in [2.75, 3.05) is 39.6 Å². The lowest BCUT2D eigenvalue weighted by Crippen LogP contribution is -2.30. The van der Waals surface area contributed by atoms with Gasteiger partial charge in [-0.2, -0.15) is 0 Å². The molecule has 5 atom stereocenters. The lowest BCUT2D eigenvalue weighted by molar-refractivity contribution is -0.161. The Bertz CT molecular complexity index is 1790. The van der Waals surface area contributed by atoms with Gasteiger partial charge >= 0.3 is 39.5 Å². The molecule has 0 aliphatic rings. The van der Waals surface area contributed by atoms with Gasteiger partial charge in [0.2, 0.25) is 0 Å². The number of phosphoric ester groups is 2. The van der Waals surface area contributed by atoms with Crippen molar-refractivity contribution >= 4 is 39.5 Å². The van der Waals surface area contributed by atoms with Gasteiger partial charge in [-0.05, 0) is 31.6 Å². The van der Waals surface area contributed by atoms with Gasteiger partial charge in [0, 0.05) is 25.7 Å². The van der Waals surface area contributed by atoms with Gasteiger partial charge in [-0.3, -0.25) is 37.3 Å². The number of unbranched alkanes of at least 4 members (excludes halogenated alkanes) is 46. The molecule has 0 spiro atoms. The number of aliphatic hydroxyl groups excluding tert-OH is 1. The van der Waals surface area contributed by atoms with E-state index in [0.29, 0.717) is 25.7 Å². The van der Waals surface area contributed by atoms with Gasteiger partial charge in [-0.1, -0.05) is 336 Å². The van der Waals surface area contributed by atoms with E-state index < -0.39 is 97.5 Å². The minimum atomic E-state index is -4.95. The van der Waals surface area contributed by atoms with E-state index in [9.17, 15) is 43.2 Å². The molecule has 0 radical (unpaired) electrons. The predicted molar refractivity (Wildman–Crippen MR) is 377 cm³/mol. The molecule has 0 aromatic rings. The first kappa shape index (κ1) is 91.1. The zero-order valence-electron chi connectivity index (χ0n) is 60.4. The van der Waals surface area contributed by atoms with Gasteiger partial charge in [-0.25, -0.2) is 9.13 Å². The molecule has 0 fully saturated rings. The summed E-state index contributed by atoms with van der Waals surface area (Å²) in [5, 5.41) is 10.6. The average Bonchev–Trinajstić information content (AvgIpc) is 1.78. The van der Waals surface area contributed by atoms with Crippen LogP contribution in [-0.2, 0) is 65.4 Å². The summed E-state index contributed by atoms with van der Waals surface area (Å²) in [5.41, 5.74) is 0. The number of phosphoric acid groups is 2. The van der Waals surface area contributed by atoms with Gasteiger partial charge < -0.3 is 33.8 Å². The van der Waals surface area contributed by atoms with Crippen LogP contribution in [0.3, 0.4) is 0 Å². The van der Waals surface area contributed by atoms with Crippen LogP contribution in [-0.4, -0.2) is 96.7 Å². The molecule has 0 aromatic carbocycles. The summed E-state index contributed by atoms with van der Waals surface area (Å²) in [4.78, 5) is 72.6. The van der Waals surface area contributed by atoms with Crippen LogP contribution in [0.4, 0.5) is 0 Å². The first-order valence-electron chi connectivity index (χ1n) is 38.6. The number of ether oxygens (including phenoxy) is 4. The molecule has 0 bridgehead atoms. The van der Waals surface area contributed by atoms with Crippen molar-refractivity contribution in [2.45, 2.75) is 406 Å². The van der Waals surface area contributed by atoms with E-state index in [1.54, 1.807) is 0 Å². The SMILES string of the molecule is CCCCCCCCCCCCCCCCCCCCCCC(=O)O[C@H](COC(=O)CCCCCCCCCCCCCCC)COP(=O)(O)OC[C@@H](O)COP(=O)(O)OC[C@@H](COC(=O)CCCCCCCCCC)OC(=O)CCCCCCCCCCCC(C)C. The second-order valence-corrected chi connectivity index (χ2v) is 30.1. The predicted octanol–water partition coefficient (Wildman–Crippen LogP) is 21.7. The Morgan fingerprint density at radius 1 is 0.290 bits per heavy atom. The van der Waals surface area contributed by atoms with E-state index in [1.165, 1.54) is 205 Å². The van der Waals surface area contributed by atoms with E-state index in [1.807, 2.05) is 0 Å². The fourth-order valence-corrected chi connectivity index (χ4v) is 12.9. The molecule has 0 aliphatic carbocycles. The summed E-state index contributed by atoms with van der Waals surface area (Å²) in [5.74, 6) is -1.38. The number of carbonyl (C=O) groups excluding carboxylic acids is 4. The average molecular weight is 1370 g/mol. The fourth-order valence-electron chi connectivity index (χ4n) is 11.4. The lowest BCUT2D eigenvalue weighted by atomic mass is 10.0. The van der Waals surface area contributed by atoms with Crippen molar-refractivity contribution in [3.8, 4) is 0 Å². The number of esters is 4. The highest BCUT2D eigenvalue weighted by Crippen LogP contribution is 2.45. The molecular weight excluding hydrogens is 1220 g/mol. The maximum atomic E-state index is 13.1. The molecule has 0 aromatic heterocycles. The maximum absolute atomic E-state index is 13.1. The Labute approximate surface area is 568 Å². The maximum Gasteiger partial charge on any atom is 0.472 e. The third kappa shape index (κ3) is 68.4. The van der Waals surface area contributed by atoms with E-state index in [4.69, 9.17) is 37.0 Å². The molecule has 0 saturated heterocycles. The number of hydrogen-bond donors (Lipinski definition) is 3. The molecule has 2 unspecified atom stereocenters. The molecule has 0 heterocycles. The highest BCUT2D eigenvalue weighted by Gasteiger charge is 2.30. The molecule has 0 amide bonds. The van der Waals surface area contributed by atoms with E-state index >= 15 is 0 Å². The van der Waals surface area contributed by atoms with Crippen LogP contribution in [0.15, 0.2) is 0 Å². The molecular formula is C74H144O17P2. The molecule has 19 heteroatoms. The van der Waals surface area contributed by atoms with E-state index in [-0.39, 0.29) is 25.7 Å². The van der Waals surface area contributed by atoms with Crippen molar-refractivity contribution in [1.82, 2.24) is 0 Å². The number of rotatable bonds is 74. The van der Waals surface area contributed by atoms with E-state index in [0.717, 1.165) is 102 Å². The number of hydrogen-bond acceptors (Lipinski definition) is 15. The third-order valence-corrected chi connectivity index (χ3v) is 19.2. The molecule has 0 aliphatic heterocycles. The highest BCUT2D eigenvalue weighted by atomic mass is 31.2. The summed E-state index contributed by atoms with van der Waals surface area (Å²) in [7, 11) is -9.90. The minimum Gasteiger partial charge on any atom is -0.462 e. The Balaban J connectivity index is 5.18. The summed E-state index contributed by atoms with van der Waals surface area (Å²) in [6, 6.07) is 0. The van der Waals surface area contributed by atoms with Gasteiger partial charge in [0.25, 0.3) is 0 Å². The topological polar surface area (TPSA) is 237 Å². The normalized spacial score (nSPS) is 14.0. The Kier molecular flexibility index (Phi) is 65.9. The van der Waals surface area contributed by atoms with Gasteiger partial charge in [0.15, 0.2) is 12.2 Å². The van der Waals surface area contributed by atoms with Crippen molar-refractivity contribution < 1.29 is 80.2 Å². The fraction of sp³-hybridized carbons (Fsp3) is 0.946. The summed E-state index contributed by atoms with van der Waals surface area (Å²) in [6.45, 7) is 7.23. The quantitative estimate of drug-likeness (QED) is 0.0222. The molecule has 552 valence electrons. The Morgan fingerprint density at radius 3 is 0.731 bits per heavy atom. The van der Waals surface area contributed by atoms with Gasteiger partial charge in [0.1, 0.15) is 19.3 Å². The highest BCUT2D eigenvalue weighted by molar-refractivity contribution is 7.47. The van der Waals surface area contributed by atoms with Crippen molar-refractivity contribution in [1.29, 1.82) is 0 Å². The van der Waals surface area contributed by atoms with Crippen LogP contribution in [0.2, 0.25) is 0 Å². The monoisotopic (exact) mass is 1370 g/mol.